The van der Waals surface area contributed by atoms with Crippen molar-refractivity contribution >= 4 is 16.6 Å². The standard InChI is InChI=1S/C15H12F3N3/c16-15(17,18)12-4-1-10(2-5-12)9-21-14-7-13(19)6-3-11(14)8-20-21/h1-8H,9,19H2. The zero-order chi connectivity index (χ0) is 15.0. The van der Waals surface area contributed by atoms with E-state index < -0.39 is 11.7 Å². The number of fused-ring (bicyclic) bond motifs is 1. The Morgan fingerprint density at radius 3 is 2.43 bits per heavy atom. The van der Waals surface area contributed by atoms with Crippen molar-refractivity contribution in [2.24, 2.45) is 0 Å². The third-order valence-corrected chi connectivity index (χ3v) is 3.28. The highest BCUT2D eigenvalue weighted by Gasteiger charge is 2.29. The van der Waals surface area contributed by atoms with Crippen molar-refractivity contribution < 1.29 is 13.2 Å². The van der Waals surface area contributed by atoms with Crippen LogP contribution in [-0.2, 0) is 12.7 Å². The van der Waals surface area contributed by atoms with Gasteiger partial charge in [-0.3, -0.25) is 4.68 Å². The molecule has 3 nitrogen and oxygen atoms in total. The second-order valence-corrected chi connectivity index (χ2v) is 4.82. The fraction of sp³-hybridized carbons (Fsp3) is 0.133. The average Bonchev–Trinajstić information content (AvgIpc) is 2.81. The second-order valence-electron chi connectivity index (χ2n) is 4.82. The van der Waals surface area contributed by atoms with Crippen molar-refractivity contribution in [2.45, 2.75) is 12.7 Å². The third-order valence-electron chi connectivity index (χ3n) is 3.28. The highest BCUT2D eigenvalue weighted by molar-refractivity contribution is 5.81. The largest absolute Gasteiger partial charge is 0.416 e. The molecule has 6 heteroatoms. The summed E-state index contributed by atoms with van der Waals surface area (Å²) in [5.41, 5.74) is 7.32. The van der Waals surface area contributed by atoms with Gasteiger partial charge < -0.3 is 5.73 Å². The van der Waals surface area contributed by atoms with Crippen LogP contribution in [0, 0.1) is 0 Å². The summed E-state index contributed by atoms with van der Waals surface area (Å²) in [5.74, 6) is 0. The van der Waals surface area contributed by atoms with Crippen LogP contribution in [0.2, 0.25) is 0 Å². The summed E-state index contributed by atoms with van der Waals surface area (Å²) in [5, 5.41) is 5.18. The van der Waals surface area contributed by atoms with E-state index in [1.165, 1.54) is 12.1 Å². The Kier molecular flexibility index (Phi) is 3.08. The van der Waals surface area contributed by atoms with E-state index in [1.807, 2.05) is 6.07 Å². The van der Waals surface area contributed by atoms with Gasteiger partial charge in [0, 0.05) is 11.1 Å². The lowest BCUT2D eigenvalue weighted by Gasteiger charge is -2.08. The van der Waals surface area contributed by atoms with E-state index in [0.717, 1.165) is 28.6 Å². The van der Waals surface area contributed by atoms with Gasteiger partial charge in [-0.1, -0.05) is 12.1 Å². The van der Waals surface area contributed by atoms with Crippen LogP contribution in [0.1, 0.15) is 11.1 Å². The molecule has 2 aromatic carbocycles. The van der Waals surface area contributed by atoms with Crippen LogP contribution >= 0.6 is 0 Å². The quantitative estimate of drug-likeness (QED) is 0.732. The predicted molar refractivity (Wildman–Crippen MR) is 74.7 cm³/mol. The Balaban J connectivity index is 1.90. The second kappa shape index (κ2) is 4.80. The maximum atomic E-state index is 12.5. The summed E-state index contributed by atoms with van der Waals surface area (Å²) in [4.78, 5) is 0. The molecule has 0 saturated carbocycles. The summed E-state index contributed by atoms with van der Waals surface area (Å²) in [6.07, 6.45) is -2.61. The molecule has 0 bridgehead atoms. The minimum Gasteiger partial charge on any atom is -0.399 e. The molecular weight excluding hydrogens is 279 g/mol. The zero-order valence-corrected chi connectivity index (χ0v) is 10.9. The predicted octanol–water partition coefficient (Wildman–Crippen LogP) is 3.69. The van der Waals surface area contributed by atoms with Crippen molar-refractivity contribution in [3.05, 3.63) is 59.8 Å². The molecule has 0 aliphatic heterocycles. The molecule has 3 rings (SSSR count). The highest BCUT2D eigenvalue weighted by Crippen LogP contribution is 2.29. The van der Waals surface area contributed by atoms with Gasteiger partial charge in [0.1, 0.15) is 0 Å². The molecule has 0 radical (unpaired) electrons. The fourth-order valence-corrected chi connectivity index (χ4v) is 2.19. The summed E-state index contributed by atoms with van der Waals surface area (Å²) in [6.45, 7) is 0.394. The van der Waals surface area contributed by atoms with Crippen LogP contribution in [0.25, 0.3) is 10.9 Å². The minimum absolute atomic E-state index is 0.394. The van der Waals surface area contributed by atoms with Gasteiger partial charge in [0.05, 0.1) is 23.8 Å². The molecule has 21 heavy (non-hydrogen) atoms. The molecule has 0 atom stereocenters. The molecular formula is C15H12F3N3. The minimum atomic E-state index is -4.31. The van der Waals surface area contributed by atoms with Crippen LogP contribution in [0.15, 0.2) is 48.7 Å². The first-order valence-electron chi connectivity index (χ1n) is 6.31. The van der Waals surface area contributed by atoms with Gasteiger partial charge in [0.15, 0.2) is 0 Å². The van der Waals surface area contributed by atoms with E-state index >= 15 is 0 Å². The van der Waals surface area contributed by atoms with Crippen molar-refractivity contribution in [3.63, 3.8) is 0 Å². The summed E-state index contributed by atoms with van der Waals surface area (Å²) in [6, 6.07) is 10.5. The molecule has 0 unspecified atom stereocenters. The van der Waals surface area contributed by atoms with E-state index in [1.54, 1.807) is 23.0 Å². The van der Waals surface area contributed by atoms with Crippen molar-refractivity contribution in [2.75, 3.05) is 5.73 Å². The molecule has 3 aromatic rings. The van der Waals surface area contributed by atoms with Crippen LogP contribution in [0.5, 0.6) is 0 Å². The fourth-order valence-electron chi connectivity index (χ4n) is 2.19. The summed E-state index contributed by atoms with van der Waals surface area (Å²) >= 11 is 0. The van der Waals surface area contributed by atoms with Gasteiger partial charge in [-0.15, -0.1) is 0 Å². The van der Waals surface area contributed by atoms with Gasteiger partial charge >= 0.3 is 6.18 Å². The monoisotopic (exact) mass is 291 g/mol. The first-order chi connectivity index (χ1) is 9.93. The maximum Gasteiger partial charge on any atom is 0.416 e. The van der Waals surface area contributed by atoms with Gasteiger partial charge in [-0.25, -0.2) is 0 Å². The molecule has 1 aromatic heterocycles. The normalized spacial score (nSPS) is 12.0. The maximum absolute atomic E-state index is 12.5. The number of benzene rings is 2. The number of aromatic nitrogens is 2. The van der Waals surface area contributed by atoms with Gasteiger partial charge in [0.25, 0.3) is 0 Å². The van der Waals surface area contributed by atoms with Crippen molar-refractivity contribution in [1.82, 2.24) is 9.78 Å². The van der Waals surface area contributed by atoms with Crippen LogP contribution in [-0.4, -0.2) is 9.78 Å². The molecule has 0 amide bonds. The molecule has 0 aliphatic rings. The number of rotatable bonds is 2. The Morgan fingerprint density at radius 2 is 1.76 bits per heavy atom. The summed E-state index contributed by atoms with van der Waals surface area (Å²) < 4.78 is 39.3. The molecule has 2 N–H and O–H groups in total. The topological polar surface area (TPSA) is 43.8 Å². The molecule has 0 spiro atoms. The molecule has 0 aliphatic carbocycles. The number of halogens is 3. The van der Waals surface area contributed by atoms with E-state index in [2.05, 4.69) is 5.10 Å². The van der Waals surface area contributed by atoms with E-state index in [-0.39, 0.29) is 0 Å². The number of alkyl halides is 3. The van der Waals surface area contributed by atoms with Gasteiger partial charge in [-0.2, -0.15) is 18.3 Å². The van der Waals surface area contributed by atoms with Crippen LogP contribution in [0.3, 0.4) is 0 Å². The molecule has 1 heterocycles. The lowest BCUT2D eigenvalue weighted by molar-refractivity contribution is -0.137. The lowest BCUT2D eigenvalue weighted by Crippen LogP contribution is -2.06. The highest BCUT2D eigenvalue weighted by atomic mass is 19.4. The third kappa shape index (κ3) is 2.69. The Morgan fingerprint density at radius 1 is 1.05 bits per heavy atom. The SMILES string of the molecule is Nc1ccc2cnn(Cc3ccc(C(F)(F)F)cc3)c2c1. The lowest BCUT2D eigenvalue weighted by atomic mass is 10.1. The first-order valence-corrected chi connectivity index (χ1v) is 6.31. The number of nitrogen functional groups attached to an aromatic ring is 1. The first kappa shape index (κ1) is 13.5. The Labute approximate surface area is 118 Å². The number of hydrogen-bond acceptors (Lipinski definition) is 2. The van der Waals surface area contributed by atoms with E-state index in [4.69, 9.17) is 5.73 Å². The Bertz CT molecular complexity index is 773. The van der Waals surface area contributed by atoms with Gasteiger partial charge in [0.2, 0.25) is 0 Å². The number of hydrogen-bond donors (Lipinski definition) is 1. The van der Waals surface area contributed by atoms with E-state index in [0.29, 0.717) is 12.2 Å². The molecule has 108 valence electrons. The van der Waals surface area contributed by atoms with Gasteiger partial charge in [-0.05, 0) is 35.9 Å². The Hall–Kier alpha value is -2.50. The number of anilines is 1. The molecule has 0 fully saturated rings. The van der Waals surface area contributed by atoms with Crippen molar-refractivity contribution in [3.8, 4) is 0 Å². The van der Waals surface area contributed by atoms with E-state index in [9.17, 15) is 13.2 Å². The zero-order valence-electron chi connectivity index (χ0n) is 10.9. The number of nitrogens with two attached hydrogens (primary N) is 1. The molecule has 0 saturated heterocycles. The van der Waals surface area contributed by atoms with Crippen molar-refractivity contribution in [1.29, 1.82) is 0 Å². The van der Waals surface area contributed by atoms with Crippen LogP contribution in [0.4, 0.5) is 18.9 Å². The smallest absolute Gasteiger partial charge is 0.399 e. The van der Waals surface area contributed by atoms with Crippen LogP contribution < -0.4 is 5.73 Å². The summed E-state index contributed by atoms with van der Waals surface area (Å²) in [7, 11) is 0. The average molecular weight is 291 g/mol. The number of nitrogens with zero attached hydrogens (tertiary/aromatic N) is 2.